The molecule has 1 aromatic heterocycles. The molecule has 1 aromatic rings. The van der Waals surface area contributed by atoms with E-state index in [1.165, 1.54) is 12.3 Å². The summed E-state index contributed by atoms with van der Waals surface area (Å²) in [6.45, 7) is -0.222. The van der Waals surface area contributed by atoms with Gasteiger partial charge in [-0.1, -0.05) is 6.42 Å². The van der Waals surface area contributed by atoms with Crippen molar-refractivity contribution in [1.82, 2.24) is 15.3 Å². The predicted molar refractivity (Wildman–Crippen MR) is 84.2 cm³/mol. The first-order chi connectivity index (χ1) is 11.4. The van der Waals surface area contributed by atoms with Crippen LogP contribution in [0.1, 0.15) is 25.1 Å². The second kappa shape index (κ2) is 10.4. The molecule has 0 bridgehead atoms. The zero-order chi connectivity index (χ0) is 17.8. The molecule has 4 N–H and O–H groups in total. The first kappa shape index (κ1) is 19.6. The summed E-state index contributed by atoms with van der Waals surface area (Å²) in [7, 11) is 0. The highest BCUT2D eigenvalue weighted by molar-refractivity contribution is 5.91. The molecule has 0 saturated heterocycles. The van der Waals surface area contributed by atoms with E-state index < -0.39 is 12.7 Å². The first-order valence-corrected chi connectivity index (χ1v) is 7.44. The number of halogens is 3. The maximum absolute atomic E-state index is 12.1. The van der Waals surface area contributed by atoms with Crippen molar-refractivity contribution >= 4 is 11.8 Å². The van der Waals surface area contributed by atoms with E-state index in [2.05, 4.69) is 25.6 Å². The average molecular weight is 343 g/mol. The number of rotatable bonds is 9. The third-order valence-corrected chi connectivity index (χ3v) is 2.85. The molecule has 7 nitrogen and oxygen atoms in total. The minimum atomic E-state index is -4.40. The molecular formula is C14H20F3N7. The highest BCUT2D eigenvalue weighted by atomic mass is 19.4. The topological polar surface area (TPSA) is 112 Å². The van der Waals surface area contributed by atoms with Crippen LogP contribution >= 0.6 is 0 Å². The molecule has 0 fully saturated rings. The molecule has 0 atom stereocenters. The van der Waals surface area contributed by atoms with Crippen LogP contribution < -0.4 is 16.4 Å². The Labute approximate surface area is 138 Å². The Balaban J connectivity index is 2.37. The van der Waals surface area contributed by atoms with Gasteiger partial charge in [-0.3, -0.25) is 0 Å². The number of aliphatic imine (C=N–C) groups is 1. The predicted octanol–water partition coefficient (Wildman–Crippen LogP) is 1.59. The molecule has 1 rings (SSSR count). The van der Waals surface area contributed by atoms with Crippen molar-refractivity contribution < 1.29 is 13.2 Å². The van der Waals surface area contributed by atoms with Gasteiger partial charge in [-0.15, -0.1) is 0 Å². The van der Waals surface area contributed by atoms with Gasteiger partial charge in [0, 0.05) is 12.6 Å². The highest BCUT2D eigenvalue weighted by Gasteiger charge is 2.26. The van der Waals surface area contributed by atoms with Crippen LogP contribution in [0.25, 0.3) is 0 Å². The lowest BCUT2D eigenvalue weighted by Gasteiger charge is -2.07. The zero-order valence-electron chi connectivity index (χ0n) is 13.1. The number of nitrogens with one attached hydrogen (secondary N) is 2. The van der Waals surface area contributed by atoms with E-state index in [0.717, 1.165) is 25.8 Å². The molecule has 0 aromatic carbocycles. The molecule has 10 heteroatoms. The number of guanidine groups is 1. The summed E-state index contributed by atoms with van der Waals surface area (Å²) in [5.41, 5.74) is 5.39. The lowest BCUT2D eigenvalue weighted by molar-refractivity contribution is -0.118. The molecule has 24 heavy (non-hydrogen) atoms. The normalized spacial score (nSPS) is 12.0. The summed E-state index contributed by atoms with van der Waals surface area (Å²) in [5.74, 6) is 0.535. The van der Waals surface area contributed by atoms with Gasteiger partial charge in [0.1, 0.15) is 18.2 Å². The van der Waals surface area contributed by atoms with Crippen molar-refractivity contribution in [2.45, 2.75) is 31.9 Å². The van der Waals surface area contributed by atoms with Gasteiger partial charge in [0.25, 0.3) is 0 Å². The van der Waals surface area contributed by atoms with Crippen LogP contribution in [0.5, 0.6) is 0 Å². The van der Waals surface area contributed by atoms with E-state index in [1.807, 2.05) is 6.07 Å². The third-order valence-electron chi connectivity index (χ3n) is 2.85. The second-order valence-electron chi connectivity index (χ2n) is 4.95. The molecule has 0 aliphatic carbocycles. The van der Waals surface area contributed by atoms with E-state index in [0.29, 0.717) is 24.6 Å². The molecule has 132 valence electrons. The summed E-state index contributed by atoms with van der Waals surface area (Å²) in [6, 6.07) is 3.51. The highest BCUT2D eigenvalue weighted by Crippen LogP contribution is 2.14. The summed E-state index contributed by atoms with van der Waals surface area (Å²) < 4.78 is 36.2. The number of hydrogen-bond acceptors (Lipinski definition) is 5. The van der Waals surface area contributed by atoms with Crippen molar-refractivity contribution in [3.05, 3.63) is 18.1 Å². The van der Waals surface area contributed by atoms with Crippen LogP contribution in [0.3, 0.4) is 0 Å². The van der Waals surface area contributed by atoms with Gasteiger partial charge in [-0.2, -0.15) is 18.4 Å². The molecule has 0 saturated carbocycles. The summed E-state index contributed by atoms with van der Waals surface area (Å²) >= 11 is 0. The number of nitrogens with zero attached hydrogens (tertiary/aromatic N) is 4. The van der Waals surface area contributed by atoms with Crippen molar-refractivity contribution in [3.8, 4) is 6.07 Å². The van der Waals surface area contributed by atoms with E-state index in [1.54, 1.807) is 0 Å². The van der Waals surface area contributed by atoms with E-state index >= 15 is 0 Å². The second-order valence-corrected chi connectivity index (χ2v) is 4.95. The van der Waals surface area contributed by atoms with Crippen molar-refractivity contribution in [1.29, 1.82) is 5.26 Å². The minimum Gasteiger partial charge on any atom is -0.370 e. The van der Waals surface area contributed by atoms with Gasteiger partial charge < -0.3 is 16.4 Å². The monoisotopic (exact) mass is 343 g/mol. The van der Waals surface area contributed by atoms with Gasteiger partial charge in [0.15, 0.2) is 5.96 Å². The number of nitrogens with two attached hydrogens (primary N) is 1. The van der Waals surface area contributed by atoms with Crippen molar-refractivity contribution in [2.24, 2.45) is 10.7 Å². The van der Waals surface area contributed by atoms with Crippen molar-refractivity contribution in [2.75, 3.05) is 25.0 Å². The largest absolute Gasteiger partial charge is 0.408 e. The zero-order valence-corrected chi connectivity index (χ0v) is 13.1. The number of anilines is 1. The quantitative estimate of drug-likeness (QED) is 0.272. The molecule has 0 aliphatic rings. The fourth-order valence-corrected chi connectivity index (χ4v) is 1.79. The lowest BCUT2D eigenvalue weighted by atomic mass is 10.2. The minimum absolute atomic E-state index is 0.305. The fourth-order valence-electron chi connectivity index (χ4n) is 1.79. The maximum atomic E-state index is 12.1. The van der Waals surface area contributed by atoms with Crippen LogP contribution in [0.15, 0.2) is 17.3 Å². The van der Waals surface area contributed by atoms with Gasteiger partial charge in [-0.25, -0.2) is 15.0 Å². The standard InChI is InChI=1S/C14H20F3N7/c15-14(16,17)10-22-13(19)24-12-5-8-21-11(23-12)4-2-1-3-7-20-9-6-18/h5,8,20H,1-4,7,9-10H2,(H3,19,21,22,23,24). The van der Waals surface area contributed by atoms with E-state index in [-0.39, 0.29) is 5.96 Å². The molecule has 0 radical (unpaired) electrons. The molecule has 0 unspecified atom stereocenters. The van der Waals surface area contributed by atoms with Crippen LogP contribution in [0.4, 0.5) is 19.0 Å². The van der Waals surface area contributed by atoms with Crippen LogP contribution in [-0.2, 0) is 6.42 Å². The first-order valence-electron chi connectivity index (χ1n) is 7.44. The number of unbranched alkanes of at least 4 members (excludes halogenated alkanes) is 2. The Morgan fingerprint density at radius 3 is 2.83 bits per heavy atom. The number of nitriles is 1. The van der Waals surface area contributed by atoms with Gasteiger partial charge >= 0.3 is 6.18 Å². The summed E-state index contributed by atoms with van der Waals surface area (Å²) in [4.78, 5) is 11.5. The smallest absolute Gasteiger partial charge is 0.370 e. The number of hydrogen-bond donors (Lipinski definition) is 3. The number of aryl methyl sites for hydroxylation is 1. The lowest BCUT2D eigenvalue weighted by Crippen LogP contribution is -2.26. The maximum Gasteiger partial charge on any atom is 0.408 e. The van der Waals surface area contributed by atoms with Crippen LogP contribution in [0, 0.1) is 11.3 Å². The molecule has 0 aliphatic heterocycles. The number of aromatic nitrogens is 2. The van der Waals surface area contributed by atoms with E-state index in [9.17, 15) is 13.2 Å². The Morgan fingerprint density at radius 1 is 1.33 bits per heavy atom. The molecule has 0 amide bonds. The van der Waals surface area contributed by atoms with Gasteiger partial charge in [0.05, 0.1) is 12.6 Å². The molecule has 0 spiro atoms. The molecular weight excluding hydrogens is 323 g/mol. The average Bonchev–Trinajstić information content (AvgIpc) is 2.52. The summed E-state index contributed by atoms with van der Waals surface area (Å²) in [6.07, 6.45) is 0.523. The summed E-state index contributed by atoms with van der Waals surface area (Å²) in [5, 5.41) is 13.9. The Morgan fingerprint density at radius 2 is 2.12 bits per heavy atom. The molecule has 1 heterocycles. The van der Waals surface area contributed by atoms with Gasteiger partial charge in [-0.05, 0) is 25.5 Å². The van der Waals surface area contributed by atoms with Crippen molar-refractivity contribution in [3.63, 3.8) is 0 Å². The van der Waals surface area contributed by atoms with Crippen LogP contribution in [0.2, 0.25) is 0 Å². The Kier molecular flexibility index (Phi) is 8.49. The van der Waals surface area contributed by atoms with Crippen LogP contribution in [-0.4, -0.2) is 41.7 Å². The Hall–Kier alpha value is -2.41. The number of alkyl halides is 3. The van der Waals surface area contributed by atoms with Gasteiger partial charge in [0.2, 0.25) is 0 Å². The Bertz CT molecular complexity index is 566. The third kappa shape index (κ3) is 9.58. The van der Waals surface area contributed by atoms with E-state index in [4.69, 9.17) is 11.0 Å². The fraction of sp³-hybridized carbons (Fsp3) is 0.571. The SMILES string of the molecule is N#CCNCCCCCc1nccc(NC(N)=NCC(F)(F)F)n1.